The van der Waals surface area contributed by atoms with Crippen molar-refractivity contribution < 1.29 is 14.6 Å². The van der Waals surface area contributed by atoms with E-state index in [4.69, 9.17) is 9.72 Å². The summed E-state index contributed by atoms with van der Waals surface area (Å²) in [6, 6.07) is 1.56. The fourth-order valence-electron chi connectivity index (χ4n) is 4.81. The van der Waals surface area contributed by atoms with Gasteiger partial charge in [-0.15, -0.1) is 5.10 Å². The molecule has 4 N–H and O–H groups in total. The first kappa shape index (κ1) is 24.7. The van der Waals surface area contributed by atoms with Crippen LogP contribution in [0.2, 0.25) is 0 Å². The third kappa shape index (κ3) is 4.85. The number of nitrogens with one attached hydrogen (secondary N) is 3. The normalized spacial score (nSPS) is 16.7. The number of aryl methyl sites for hydroxylation is 2. The molecule has 1 saturated heterocycles. The van der Waals surface area contributed by atoms with E-state index in [0.29, 0.717) is 54.8 Å². The highest BCUT2D eigenvalue weighted by atomic mass is 16.5. The smallest absolute Gasteiger partial charge is 0.256 e. The van der Waals surface area contributed by atoms with E-state index >= 15 is 0 Å². The lowest BCUT2D eigenvalue weighted by Crippen LogP contribution is -2.43. The van der Waals surface area contributed by atoms with Crippen LogP contribution < -0.4 is 15.4 Å². The molecule has 4 aromatic heterocycles. The Kier molecular flexibility index (Phi) is 6.76. The SMILES string of the molecule is CCC(C(=O)Nc1nccc2c(-c3nc(Nc4cn(C)nc4OC)ncc3C)c[nH]c12)N1CCC(O)C1. The summed E-state index contributed by atoms with van der Waals surface area (Å²) in [5.41, 5.74) is 3.87. The number of aromatic amines is 1. The number of nitrogens with zero attached hydrogens (tertiary/aromatic N) is 6. The highest BCUT2D eigenvalue weighted by Crippen LogP contribution is 2.33. The Balaban J connectivity index is 1.43. The molecular formula is C25H31N9O3. The molecule has 0 radical (unpaired) electrons. The van der Waals surface area contributed by atoms with Crippen LogP contribution in [0.1, 0.15) is 25.3 Å². The van der Waals surface area contributed by atoms with Crippen LogP contribution in [0, 0.1) is 6.92 Å². The van der Waals surface area contributed by atoms with Crippen molar-refractivity contribution in [2.75, 3.05) is 30.8 Å². The van der Waals surface area contributed by atoms with Crippen LogP contribution in [0.5, 0.6) is 5.88 Å². The number of rotatable bonds is 8. The van der Waals surface area contributed by atoms with E-state index < -0.39 is 0 Å². The van der Waals surface area contributed by atoms with Crippen LogP contribution in [0.25, 0.3) is 22.2 Å². The molecule has 4 aromatic rings. The molecule has 0 spiro atoms. The molecular weight excluding hydrogens is 474 g/mol. The van der Waals surface area contributed by atoms with Crippen molar-refractivity contribution in [2.24, 2.45) is 7.05 Å². The number of likely N-dealkylation sites (tertiary alicyclic amines) is 1. The number of β-amino-alcohol motifs (C(OH)–C–C–N with tert-alkyl or cyclic N) is 1. The number of H-pyrrole nitrogens is 1. The molecule has 0 bridgehead atoms. The van der Waals surface area contributed by atoms with Gasteiger partial charge in [-0.2, -0.15) is 0 Å². The molecule has 5 rings (SSSR count). The number of ether oxygens (including phenoxy) is 1. The van der Waals surface area contributed by atoms with Crippen molar-refractivity contribution in [3.63, 3.8) is 0 Å². The third-order valence-electron chi connectivity index (χ3n) is 6.63. The summed E-state index contributed by atoms with van der Waals surface area (Å²) in [4.78, 5) is 32.1. The topological polar surface area (TPSA) is 146 Å². The van der Waals surface area contributed by atoms with Gasteiger partial charge in [-0.3, -0.25) is 14.4 Å². The summed E-state index contributed by atoms with van der Waals surface area (Å²) in [6.07, 6.45) is 8.02. The van der Waals surface area contributed by atoms with Gasteiger partial charge in [0.05, 0.1) is 36.7 Å². The Morgan fingerprint density at radius 1 is 1.38 bits per heavy atom. The number of fused-ring (bicyclic) bond motifs is 1. The minimum absolute atomic E-state index is 0.136. The van der Waals surface area contributed by atoms with Gasteiger partial charge in [-0.1, -0.05) is 6.92 Å². The van der Waals surface area contributed by atoms with E-state index in [9.17, 15) is 9.90 Å². The fraction of sp³-hybridized carbons (Fsp3) is 0.400. The van der Waals surface area contributed by atoms with Gasteiger partial charge >= 0.3 is 0 Å². The van der Waals surface area contributed by atoms with Gasteiger partial charge in [-0.05, 0) is 31.4 Å². The first-order chi connectivity index (χ1) is 17.9. The fourth-order valence-corrected chi connectivity index (χ4v) is 4.81. The van der Waals surface area contributed by atoms with Gasteiger partial charge in [0.25, 0.3) is 5.88 Å². The van der Waals surface area contributed by atoms with Gasteiger partial charge < -0.3 is 25.5 Å². The first-order valence-corrected chi connectivity index (χ1v) is 12.3. The largest absolute Gasteiger partial charge is 0.478 e. The number of aliphatic hydroxyl groups is 1. The summed E-state index contributed by atoms with van der Waals surface area (Å²) in [6.45, 7) is 5.12. The van der Waals surface area contributed by atoms with Crippen LogP contribution >= 0.6 is 0 Å². The Hall–Kier alpha value is -4.03. The maximum atomic E-state index is 13.1. The second kappa shape index (κ2) is 10.1. The van der Waals surface area contributed by atoms with Crippen LogP contribution in [-0.4, -0.2) is 78.0 Å². The third-order valence-corrected chi connectivity index (χ3v) is 6.63. The number of aliphatic hydroxyl groups excluding tert-OH is 1. The second-order valence-corrected chi connectivity index (χ2v) is 9.21. The molecule has 1 aliphatic heterocycles. The lowest BCUT2D eigenvalue weighted by molar-refractivity contribution is -0.121. The zero-order valence-electron chi connectivity index (χ0n) is 21.3. The van der Waals surface area contributed by atoms with Crippen molar-refractivity contribution in [2.45, 2.75) is 38.8 Å². The van der Waals surface area contributed by atoms with E-state index in [1.807, 2.05) is 38.1 Å². The molecule has 12 heteroatoms. The Morgan fingerprint density at radius 3 is 2.95 bits per heavy atom. The van der Waals surface area contributed by atoms with Crippen molar-refractivity contribution in [3.05, 3.63) is 36.4 Å². The molecule has 5 heterocycles. The Bertz CT molecular complexity index is 1430. The minimum atomic E-state index is -0.385. The lowest BCUT2D eigenvalue weighted by Gasteiger charge is -2.25. The monoisotopic (exact) mass is 505 g/mol. The summed E-state index contributed by atoms with van der Waals surface area (Å²) >= 11 is 0. The predicted octanol–water partition coefficient (Wildman–Crippen LogP) is 2.60. The number of aromatic nitrogens is 6. The number of carbonyl (C=O) groups is 1. The number of carbonyl (C=O) groups excluding carboxylic acids is 1. The van der Waals surface area contributed by atoms with E-state index in [0.717, 1.165) is 22.2 Å². The van der Waals surface area contributed by atoms with Gasteiger partial charge in [0.1, 0.15) is 5.69 Å². The molecule has 0 saturated carbocycles. The van der Waals surface area contributed by atoms with E-state index in [-0.39, 0.29) is 18.1 Å². The number of hydrogen-bond donors (Lipinski definition) is 4. The standard InChI is InChI=1S/C25H31N9O3/c1-5-19(34-9-7-15(35)12-34)23(36)31-22-21-16(6-8-26-22)17(11-27-21)20-14(2)10-28-25(30-20)29-18-13-33(3)32-24(18)37-4/h6,8,10-11,13,15,19,27,35H,5,7,9,12H2,1-4H3,(H,26,31,36)(H,28,29,30). The summed E-state index contributed by atoms with van der Waals surface area (Å²) in [5.74, 6) is 1.17. The molecule has 12 nitrogen and oxygen atoms in total. The zero-order chi connectivity index (χ0) is 26.1. The van der Waals surface area contributed by atoms with Gasteiger partial charge in [-0.25, -0.2) is 15.0 Å². The quantitative estimate of drug-likeness (QED) is 0.284. The van der Waals surface area contributed by atoms with Gasteiger partial charge in [0.2, 0.25) is 11.9 Å². The Labute approximate surface area is 214 Å². The minimum Gasteiger partial charge on any atom is -0.478 e. The summed E-state index contributed by atoms with van der Waals surface area (Å²) in [7, 11) is 3.37. The van der Waals surface area contributed by atoms with Crippen LogP contribution in [0.3, 0.4) is 0 Å². The van der Waals surface area contributed by atoms with Gasteiger partial charge in [0, 0.05) is 49.7 Å². The molecule has 0 aromatic carbocycles. The van der Waals surface area contributed by atoms with E-state index in [1.54, 1.807) is 30.4 Å². The van der Waals surface area contributed by atoms with Crippen molar-refractivity contribution >= 4 is 34.3 Å². The molecule has 0 aliphatic carbocycles. The predicted molar refractivity (Wildman–Crippen MR) is 140 cm³/mol. The second-order valence-electron chi connectivity index (χ2n) is 9.21. The Morgan fingerprint density at radius 2 is 2.22 bits per heavy atom. The van der Waals surface area contributed by atoms with Crippen LogP contribution in [0.15, 0.2) is 30.9 Å². The number of pyridine rings is 1. The van der Waals surface area contributed by atoms with Gasteiger partial charge in [0.15, 0.2) is 5.82 Å². The van der Waals surface area contributed by atoms with Crippen molar-refractivity contribution in [1.29, 1.82) is 0 Å². The zero-order valence-corrected chi connectivity index (χ0v) is 21.3. The summed E-state index contributed by atoms with van der Waals surface area (Å²) in [5, 5.41) is 21.2. The average Bonchev–Trinajstić information content (AvgIpc) is 3.59. The molecule has 1 fully saturated rings. The highest BCUT2D eigenvalue weighted by molar-refractivity contribution is 6.05. The first-order valence-electron chi connectivity index (χ1n) is 12.3. The molecule has 37 heavy (non-hydrogen) atoms. The highest BCUT2D eigenvalue weighted by Gasteiger charge is 2.31. The van der Waals surface area contributed by atoms with Crippen LogP contribution in [-0.2, 0) is 11.8 Å². The van der Waals surface area contributed by atoms with Crippen molar-refractivity contribution in [3.8, 4) is 17.1 Å². The molecule has 1 aliphatic rings. The van der Waals surface area contributed by atoms with Crippen molar-refractivity contribution in [1.82, 2.24) is 34.6 Å². The van der Waals surface area contributed by atoms with E-state index in [2.05, 4.69) is 30.7 Å². The number of amides is 1. The maximum Gasteiger partial charge on any atom is 0.256 e. The molecule has 2 unspecified atom stereocenters. The maximum absolute atomic E-state index is 13.1. The number of methoxy groups -OCH3 is 1. The molecule has 1 amide bonds. The molecule has 2 atom stereocenters. The summed E-state index contributed by atoms with van der Waals surface area (Å²) < 4.78 is 6.96. The number of anilines is 3. The van der Waals surface area contributed by atoms with Crippen LogP contribution in [0.4, 0.5) is 17.5 Å². The average molecular weight is 506 g/mol. The number of hydrogen-bond acceptors (Lipinski definition) is 9. The molecule has 194 valence electrons. The van der Waals surface area contributed by atoms with E-state index in [1.165, 1.54) is 0 Å². The lowest BCUT2D eigenvalue weighted by atomic mass is 10.1.